The number of rotatable bonds is 4. The second kappa shape index (κ2) is 5.28. The Bertz CT molecular complexity index is 157. The Balaban J connectivity index is 2.17. The highest BCUT2D eigenvalue weighted by atomic mass is 16.5. The van der Waals surface area contributed by atoms with E-state index in [9.17, 15) is 0 Å². The van der Waals surface area contributed by atoms with Crippen LogP contribution in [-0.2, 0) is 9.47 Å². The van der Waals surface area contributed by atoms with Crippen LogP contribution in [0.1, 0.15) is 33.1 Å². The molecule has 13 heavy (non-hydrogen) atoms. The van der Waals surface area contributed by atoms with Crippen LogP contribution in [0.5, 0.6) is 0 Å². The zero-order valence-corrected chi connectivity index (χ0v) is 8.71. The third kappa shape index (κ3) is 3.81. The molecule has 0 N–H and O–H groups in total. The fourth-order valence-corrected chi connectivity index (χ4v) is 1.66. The van der Waals surface area contributed by atoms with Gasteiger partial charge < -0.3 is 9.47 Å². The van der Waals surface area contributed by atoms with Gasteiger partial charge in [-0.05, 0) is 31.6 Å². The van der Waals surface area contributed by atoms with Gasteiger partial charge in [0.15, 0.2) is 0 Å². The molecule has 0 amide bonds. The van der Waals surface area contributed by atoms with Gasteiger partial charge in [-0.15, -0.1) is 0 Å². The largest absolute Gasteiger partial charge is 0.502 e. The van der Waals surface area contributed by atoms with Crippen LogP contribution in [0.25, 0.3) is 0 Å². The molecule has 1 rings (SSSR count). The highest BCUT2D eigenvalue weighted by Crippen LogP contribution is 2.31. The van der Waals surface area contributed by atoms with E-state index in [1.165, 1.54) is 12.8 Å². The lowest BCUT2D eigenvalue weighted by molar-refractivity contribution is -0.0108. The molecular weight excluding hydrogens is 164 g/mol. The molecule has 1 atom stereocenters. The van der Waals surface area contributed by atoms with Crippen LogP contribution in [0.2, 0.25) is 0 Å². The van der Waals surface area contributed by atoms with Crippen molar-refractivity contribution in [2.75, 3.05) is 19.8 Å². The molecular formula is C11H20O2. The van der Waals surface area contributed by atoms with Gasteiger partial charge in [-0.2, -0.15) is 0 Å². The van der Waals surface area contributed by atoms with Gasteiger partial charge in [0, 0.05) is 6.61 Å². The average molecular weight is 184 g/mol. The van der Waals surface area contributed by atoms with E-state index >= 15 is 0 Å². The van der Waals surface area contributed by atoms with Crippen molar-refractivity contribution in [2.45, 2.75) is 33.1 Å². The summed E-state index contributed by atoms with van der Waals surface area (Å²) in [6.07, 6.45) is 7.23. The average Bonchev–Trinajstić information content (AvgIpc) is 2.14. The predicted molar refractivity (Wildman–Crippen MR) is 53.5 cm³/mol. The third-order valence-corrected chi connectivity index (χ3v) is 2.58. The Kier molecular flexibility index (Phi) is 4.29. The Morgan fingerprint density at radius 2 is 2.38 bits per heavy atom. The predicted octanol–water partition coefficient (Wildman–Crippen LogP) is 2.74. The molecule has 0 bridgehead atoms. The lowest BCUT2D eigenvalue weighted by Crippen LogP contribution is -2.29. The molecule has 2 heteroatoms. The van der Waals surface area contributed by atoms with Gasteiger partial charge >= 0.3 is 0 Å². The third-order valence-electron chi connectivity index (χ3n) is 2.58. The number of allylic oxidation sites excluding steroid dienone is 1. The van der Waals surface area contributed by atoms with E-state index < -0.39 is 0 Å². The molecule has 1 heterocycles. The second-order valence-electron chi connectivity index (χ2n) is 4.06. The maximum atomic E-state index is 5.47. The molecule has 1 unspecified atom stereocenters. The van der Waals surface area contributed by atoms with Crippen molar-refractivity contribution in [1.29, 1.82) is 0 Å². The second-order valence-corrected chi connectivity index (χ2v) is 4.06. The van der Waals surface area contributed by atoms with Crippen LogP contribution < -0.4 is 0 Å². The molecule has 0 aromatic carbocycles. The smallest absolute Gasteiger partial charge is 0.0879 e. The summed E-state index contributed by atoms with van der Waals surface area (Å²) in [7, 11) is 0. The highest BCUT2D eigenvalue weighted by molar-refractivity contribution is 4.77. The van der Waals surface area contributed by atoms with E-state index in [0.29, 0.717) is 5.41 Å². The van der Waals surface area contributed by atoms with Crippen molar-refractivity contribution < 1.29 is 9.47 Å². The van der Waals surface area contributed by atoms with Gasteiger partial charge in [-0.1, -0.05) is 13.0 Å². The Morgan fingerprint density at radius 3 is 3.00 bits per heavy atom. The highest BCUT2D eigenvalue weighted by Gasteiger charge is 2.27. The summed E-state index contributed by atoms with van der Waals surface area (Å²) in [6, 6.07) is 0. The van der Waals surface area contributed by atoms with Crippen LogP contribution in [0.4, 0.5) is 0 Å². The fraction of sp³-hybridized carbons (Fsp3) is 0.818. The SMILES string of the molecule is C/C=C/OCCC1(C)CCCOC1. The standard InChI is InChI=1S/C11H20O2/c1-3-7-12-9-6-11(2)5-4-8-13-10-11/h3,7H,4-6,8-10H2,1-2H3/b7-3+. The molecule has 0 aliphatic carbocycles. The summed E-state index contributed by atoms with van der Waals surface area (Å²) in [5.41, 5.74) is 0.347. The lowest BCUT2D eigenvalue weighted by atomic mass is 9.82. The molecule has 0 radical (unpaired) electrons. The summed E-state index contributed by atoms with van der Waals surface area (Å²) in [5.74, 6) is 0. The molecule has 0 aromatic rings. The van der Waals surface area contributed by atoms with Crippen LogP contribution in [0.3, 0.4) is 0 Å². The van der Waals surface area contributed by atoms with E-state index in [2.05, 4.69) is 6.92 Å². The Labute approximate surface area is 80.9 Å². The van der Waals surface area contributed by atoms with Gasteiger partial charge in [0.2, 0.25) is 0 Å². The van der Waals surface area contributed by atoms with Crippen molar-refractivity contribution in [3.63, 3.8) is 0 Å². The van der Waals surface area contributed by atoms with Crippen molar-refractivity contribution in [3.8, 4) is 0 Å². The van der Waals surface area contributed by atoms with Gasteiger partial charge in [-0.25, -0.2) is 0 Å². The minimum Gasteiger partial charge on any atom is -0.502 e. The zero-order chi connectivity index (χ0) is 9.57. The zero-order valence-electron chi connectivity index (χ0n) is 8.71. The van der Waals surface area contributed by atoms with Crippen molar-refractivity contribution in [1.82, 2.24) is 0 Å². The quantitative estimate of drug-likeness (QED) is 0.494. The van der Waals surface area contributed by atoms with Gasteiger partial charge in [0.25, 0.3) is 0 Å². The molecule has 2 nitrogen and oxygen atoms in total. The van der Waals surface area contributed by atoms with Crippen molar-refractivity contribution in [2.24, 2.45) is 5.41 Å². The first-order chi connectivity index (χ1) is 6.27. The Hall–Kier alpha value is -0.500. The molecule has 0 spiro atoms. The maximum Gasteiger partial charge on any atom is 0.0879 e. The van der Waals surface area contributed by atoms with Crippen molar-refractivity contribution >= 4 is 0 Å². The van der Waals surface area contributed by atoms with E-state index in [1.54, 1.807) is 6.26 Å². The first-order valence-corrected chi connectivity index (χ1v) is 5.07. The minimum atomic E-state index is 0.347. The number of ether oxygens (including phenoxy) is 2. The van der Waals surface area contributed by atoms with Crippen LogP contribution in [0, 0.1) is 5.41 Å². The minimum absolute atomic E-state index is 0.347. The molecule has 0 aromatic heterocycles. The summed E-state index contributed by atoms with van der Waals surface area (Å²) in [4.78, 5) is 0. The van der Waals surface area contributed by atoms with Gasteiger partial charge in [0.1, 0.15) is 0 Å². The molecule has 76 valence electrons. The molecule has 1 saturated heterocycles. The van der Waals surface area contributed by atoms with E-state index in [-0.39, 0.29) is 0 Å². The molecule has 1 aliphatic heterocycles. The summed E-state index contributed by atoms with van der Waals surface area (Å²) >= 11 is 0. The molecule has 0 saturated carbocycles. The molecule has 1 fully saturated rings. The first-order valence-electron chi connectivity index (χ1n) is 5.07. The number of hydrogen-bond acceptors (Lipinski definition) is 2. The molecule has 1 aliphatic rings. The van der Waals surface area contributed by atoms with Crippen molar-refractivity contribution in [3.05, 3.63) is 12.3 Å². The topological polar surface area (TPSA) is 18.5 Å². The van der Waals surface area contributed by atoms with Gasteiger partial charge in [0.05, 0.1) is 19.5 Å². The fourth-order valence-electron chi connectivity index (χ4n) is 1.66. The van der Waals surface area contributed by atoms with E-state index in [1.807, 2.05) is 13.0 Å². The van der Waals surface area contributed by atoms with Crippen LogP contribution in [-0.4, -0.2) is 19.8 Å². The van der Waals surface area contributed by atoms with Crippen LogP contribution in [0.15, 0.2) is 12.3 Å². The van der Waals surface area contributed by atoms with Crippen LogP contribution >= 0.6 is 0 Å². The van der Waals surface area contributed by atoms with Gasteiger partial charge in [-0.3, -0.25) is 0 Å². The normalized spacial score (nSPS) is 29.4. The van der Waals surface area contributed by atoms with E-state index in [4.69, 9.17) is 9.47 Å². The van der Waals surface area contributed by atoms with E-state index in [0.717, 1.165) is 26.2 Å². The summed E-state index contributed by atoms with van der Waals surface area (Å²) < 4.78 is 10.8. The first kappa shape index (κ1) is 10.6. The number of hydrogen-bond donors (Lipinski definition) is 0. The summed E-state index contributed by atoms with van der Waals surface area (Å²) in [5, 5.41) is 0. The lowest BCUT2D eigenvalue weighted by Gasteiger charge is -2.33. The maximum absolute atomic E-state index is 5.47. The summed E-state index contributed by atoms with van der Waals surface area (Å²) in [6.45, 7) is 6.89. The Morgan fingerprint density at radius 1 is 1.54 bits per heavy atom. The monoisotopic (exact) mass is 184 g/mol.